The van der Waals surface area contributed by atoms with Crippen LogP contribution in [0.3, 0.4) is 0 Å². The van der Waals surface area contributed by atoms with Crippen LogP contribution in [0.4, 0.5) is 10.1 Å². The average molecular weight is 303 g/mol. The van der Waals surface area contributed by atoms with Gasteiger partial charge in [-0.2, -0.15) is 0 Å². The van der Waals surface area contributed by atoms with Crippen molar-refractivity contribution in [2.45, 2.75) is 6.54 Å². The van der Waals surface area contributed by atoms with Gasteiger partial charge in [-0.1, -0.05) is 29.8 Å². The molecule has 0 aliphatic rings. The lowest BCUT2D eigenvalue weighted by atomic mass is 10.1. The van der Waals surface area contributed by atoms with Gasteiger partial charge in [0.05, 0.1) is 5.69 Å². The third-order valence-corrected chi connectivity index (χ3v) is 3.47. The first-order valence-corrected chi connectivity index (χ1v) is 6.81. The number of hydrogen-bond acceptors (Lipinski definition) is 2. The quantitative estimate of drug-likeness (QED) is 0.770. The first-order valence-electron chi connectivity index (χ1n) is 6.43. The van der Waals surface area contributed by atoms with E-state index in [4.69, 9.17) is 11.6 Å². The number of nitrogens with one attached hydrogen (secondary N) is 2. The monoisotopic (exact) mass is 302 g/mol. The van der Waals surface area contributed by atoms with Crippen LogP contribution in [0.15, 0.2) is 53.3 Å². The zero-order valence-electron chi connectivity index (χ0n) is 11.0. The maximum Gasteiger partial charge on any atom is 0.253 e. The Hall–Kier alpha value is -2.33. The summed E-state index contributed by atoms with van der Waals surface area (Å²) in [6, 6.07) is 13.7. The second-order valence-electron chi connectivity index (χ2n) is 4.69. The van der Waals surface area contributed by atoms with E-state index in [2.05, 4.69) is 10.3 Å². The molecule has 5 heteroatoms. The zero-order chi connectivity index (χ0) is 14.8. The molecule has 0 atom stereocenters. The van der Waals surface area contributed by atoms with Gasteiger partial charge < -0.3 is 10.3 Å². The summed E-state index contributed by atoms with van der Waals surface area (Å²) in [6.07, 6.45) is 0. The number of anilines is 1. The van der Waals surface area contributed by atoms with Crippen LogP contribution in [-0.2, 0) is 6.54 Å². The highest BCUT2D eigenvalue weighted by Crippen LogP contribution is 2.19. The predicted octanol–water partition coefficient (Wildman–Crippen LogP) is 3.93. The highest BCUT2D eigenvalue weighted by molar-refractivity contribution is 6.30. The lowest BCUT2D eigenvalue weighted by Gasteiger charge is -2.08. The Balaban J connectivity index is 1.88. The maximum absolute atomic E-state index is 13.7. The molecule has 3 aromatic rings. The number of pyridine rings is 1. The van der Waals surface area contributed by atoms with Crippen LogP contribution in [0.25, 0.3) is 10.9 Å². The minimum atomic E-state index is -0.445. The number of halogens is 2. The van der Waals surface area contributed by atoms with Crippen molar-refractivity contribution in [1.29, 1.82) is 0 Å². The van der Waals surface area contributed by atoms with Crippen LogP contribution in [-0.4, -0.2) is 4.98 Å². The number of hydrogen-bond donors (Lipinski definition) is 2. The normalized spacial score (nSPS) is 10.8. The third-order valence-electron chi connectivity index (χ3n) is 3.23. The summed E-state index contributed by atoms with van der Waals surface area (Å²) >= 11 is 5.70. The van der Waals surface area contributed by atoms with Gasteiger partial charge in [-0.25, -0.2) is 4.39 Å². The number of fused-ring (bicyclic) bond motifs is 1. The number of H-pyrrole nitrogens is 1. The van der Waals surface area contributed by atoms with E-state index >= 15 is 0 Å². The van der Waals surface area contributed by atoms with Crippen molar-refractivity contribution in [3.05, 3.63) is 75.3 Å². The number of para-hydroxylation sites is 1. The zero-order valence-corrected chi connectivity index (χ0v) is 11.7. The molecule has 0 aliphatic heterocycles. The van der Waals surface area contributed by atoms with E-state index in [1.165, 1.54) is 6.07 Å². The highest BCUT2D eigenvalue weighted by Gasteiger charge is 2.05. The van der Waals surface area contributed by atoms with E-state index in [1.54, 1.807) is 18.2 Å². The molecule has 1 heterocycles. The van der Waals surface area contributed by atoms with E-state index < -0.39 is 5.82 Å². The molecule has 0 spiro atoms. The molecular formula is C16H12ClFN2O. The Labute approximate surface area is 125 Å². The SMILES string of the molecule is O=c1[nH]c2ccccc2cc1CNc1ccc(Cl)cc1F. The largest absolute Gasteiger partial charge is 0.378 e. The molecule has 21 heavy (non-hydrogen) atoms. The summed E-state index contributed by atoms with van der Waals surface area (Å²) in [7, 11) is 0. The van der Waals surface area contributed by atoms with Gasteiger partial charge in [-0.3, -0.25) is 4.79 Å². The summed E-state index contributed by atoms with van der Waals surface area (Å²) < 4.78 is 13.7. The topological polar surface area (TPSA) is 44.9 Å². The third kappa shape index (κ3) is 2.90. The Morgan fingerprint density at radius 1 is 1.14 bits per heavy atom. The minimum absolute atomic E-state index is 0.185. The molecule has 0 fully saturated rings. The van der Waals surface area contributed by atoms with Gasteiger partial charge in [0.25, 0.3) is 5.56 Å². The van der Waals surface area contributed by atoms with E-state index in [1.807, 2.05) is 24.3 Å². The highest BCUT2D eigenvalue weighted by atomic mass is 35.5. The Kier molecular flexibility index (Phi) is 3.62. The van der Waals surface area contributed by atoms with Gasteiger partial charge in [0.1, 0.15) is 5.82 Å². The van der Waals surface area contributed by atoms with Crippen molar-refractivity contribution in [2.24, 2.45) is 0 Å². The Morgan fingerprint density at radius 3 is 2.76 bits per heavy atom. The molecule has 2 aromatic carbocycles. The Bertz CT molecular complexity index is 860. The van der Waals surface area contributed by atoms with Crippen LogP contribution in [0.1, 0.15) is 5.56 Å². The lowest BCUT2D eigenvalue weighted by molar-refractivity contribution is 0.630. The van der Waals surface area contributed by atoms with E-state index in [0.717, 1.165) is 10.9 Å². The molecule has 2 N–H and O–H groups in total. The number of benzene rings is 2. The molecule has 0 saturated carbocycles. The smallest absolute Gasteiger partial charge is 0.253 e. The predicted molar refractivity (Wildman–Crippen MR) is 83.3 cm³/mol. The van der Waals surface area contributed by atoms with Crippen LogP contribution in [0, 0.1) is 5.82 Å². The van der Waals surface area contributed by atoms with Crippen molar-refractivity contribution in [3.63, 3.8) is 0 Å². The number of aromatic nitrogens is 1. The van der Waals surface area contributed by atoms with Crippen molar-refractivity contribution >= 4 is 28.2 Å². The molecule has 0 radical (unpaired) electrons. The molecule has 0 aliphatic carbocycles. The fourth-order valence-corrected chi connectivity index (χ4v) is 2.31. The minimum Gasteiger partial charge on any atom is -0.378 e. The van der Waals surface area contributed by atoms with Gasteiger partial charge in [0.15, 0.2) is 0 Å². The number of aromatic amines is 1. The fraction of sp³-hybridized carbons (Fsp3) is 0.0625. The van der Waals surface area contributed by atoms with Gasteiger partial charge in [-0.15, -0.1) is 0 Å². The summed E-state index contributed by atoms with van der Waals surface area (Å²) in [5, 5.41) is 4.18. The summed E-state index contributed by atoms with van der Waals surface area (Å²) in [4.78, 5) is 14.8. The molecule has 1 aromatic heterocycles. The molecular weight excluding hydrogens is 291 g/mol. The van der Waals surface area contributed by atoms with Crippen LogP contribution in [0.2, 0.25) is 5.02 Å². The van der Waals surface area contributed by atoms with Crippen molar-refractivity contribution in [1.82, 2.24) is 4.98 Å². The van der Waals surface area contributed by atoms with Crippen molar-refractivity contribution < 1.29 is 4.39 Å². The summed E-state index contributed by atoms with van der Waals surface area (Å²) in [6.45, 7) is 0.235. The van der Waals surface area contributed by atoms with E-state index in [9.17, 15) is 9.18 Å². The summed E-state index contributed by atoms with van der Waals surface area (Å²) in [5.74, 6) is -0.445. The first kappa shape index (κ1) is 13.6. The molecule has 106 valence electrons. The van der Waals surface area contributed by atoms with Gasteiger partial charge in [0, 0.05) is 22.6 Å². The second-order valence-corrected chi connectivity index (χ2v) is 5.13. The average Bonchev–Trinajstić information content (AvgIpc) is 2.46. The van der Waals surface area contributed by atoms with Crippen molar-refractivity contribution in [3.8, 4) is 0 Å². The van der Waals surface area contributed by atoms with Gasteiger partial charge in [-0.05, 0) is 35.7 Å². The lowest BCUT2D eigenvalue weighted by Crippen LogP contribution is -2.15. The molecule has 0 amide bonds. The van der Waals surface area contributed by atoms with Crippen LogP contribution in [0.5, 0.6) is 0 Å². The van der Waals surface area contributed by atoms with Gasteiger partial charge >= 0.3 is 0 Å². The molecule has 3 rings (SSSR count). The fourth-order valence-electron chi connectivity index (χ4n) is 2.15. The van der Waals surface area contributed by atoms with E-state index in [0.29, 0.717) is 16.3 Å². The standard InChI is InChI=1S/C16H12ClFN2O/c17-12-5-6-15(13(18)8-12)19-9-11-7-10-3-1-2-4-14(10)20-16(11)21/h1-8,19H,9H2,(H,20,21). The van der Waals surface area contributed by atoms with E-state index in [-0.39, 0.29) is 12.1 Å². The van der Waals surface area contributed by atoms with Crippen LogP contribution < -0.4 is 10.9 Å². The maximum atomic E-state index is 13.7. The molecule has 0 bridgehead atoms. The summed E-state index contributed by atoms with van der Waals surface area (Å²) in [5.41, 5.74) is 1.45. The number of rotatable bonds is 3. The van der Waals surface area contributed by atoms with Crippen molar-refractivity contribution in [2.75, 3.05) is 5.32 Å². The second kappa shape index (κ2) is 5.58. The molecule has 3 nitrogen and oxygen atoms in total. The first-order chi connectivity index (χ1) is 10.1. The van der Waals surface area contributed by atoms with Crippen LogP contribution >= 0.6 is 11.6 Å². The van der Waals surface area contributed by atoms with Gasteiger partial charge in [0.2, 0.25) is 0 Å². The molecule has 0 saturated heterocycles. The molecule has 0 unspecified atom stereocenters. The Morgan fingerprint density at radius 2 is 1.95 bits per heavy atom.